The van der Waals surface area contributed by atoms with E-state index in [0.29, 0.717) is 67.0 Å². The van der Waals surface area contributed by atoms with Crippen molar-refractivity contribution in [2.45, 2.75) is 6.04 Å². The molecule has 0 aliphatic carbocycles. The third kappa shape index (κ3) is 4.37. The van der Waals surface area contributed by atoms with Crippen molar-refractivity contribution in [3.05, 3.63) is 77.6 Å². The number of hydrogen-bond acceptors (Lipinski definition) is 7. The van der Waals surface area contributed by atoms with Crippen molar-refractivity contribution in [3.8, 4) is 23.0 Å². The van der Waals surface area contributed by atoms with Crippen LogP contribution in [0.2, 0.25) is 0 Å². The fourth-order valence-electron chi connectivity index (χ4n) is 4.89. The Morgan fingerprint density at radius 2 is 1.50 bits per heavy atom. The van der Waals surface area contributed by atoms with Gasteiger partial charge in [-0.2, -0.15) is 0 Å². The molecule has 0 bridgehead atoms. The lowest BCUT2D eigenvalue weighted by molar-refractivity contribution is 0.0929. The predicted octanol–water partition coefficient (Wildman–Crippen LogP) is 3.58. The summed E-state index contributed by atoms with van der Waals surface area (Å²) in [6.45, 7) is 3.54. The molecule has 0 radical (unpaired) electrons. The van der Waals surface area contributed by atoms with E-state index in [1.807, 2.05) is 30.3 Å². The predicted molar refractivity (Wildman–Crippen MR) is 130 cm³/mol. The SMILES string of the molecule is O=C(NCC(c1ccc2c(c1)OCO2)N1CCN(c2ccccc2F)CC1)c1ccc2c(c1)OCO2. The number of nitrogens with zero attached hydrogens (tertiary/aromatic N) is 2. The minimum absolute atomic E-state index is 0.0970. The van der Waals surface area contributed by atoms with Gasteiger partial charge in [-0.3, -0.25) is 9.69 Å². The maximum atomic E-state index is 14.3. The maximum Gasteiger partial charge on any atom is 0.251 e. The molecule has 0 aromatic heterocycles. The van der Waals surface area contributed by atoms with Crippen LogP contribution in [0, 0.1) is 5.82 Å². The molecule has 1 amide bonds. The smallest absolute Gasteiger partial charge is 0.251 e. The minimum atomic E-state index is -0.214. The van der Waals surface area contributed by atoms with Gasteiger partial charge in [0.25, 0.3) is 5.91 Å². The van der Waals surface area contributed by atoms with E-state index < -0.39 is 0 Å². The first kappa shape index (κ1) is 22.5. The molecule has 186 valence electrons. The number of ether oxygens (including phenoxy) is 4. The topological polar surface area (TPSA) is 72.5 Å². The van der Waals surface area contributed by atoms with Gasteiger partial charge in [0.05, 0.1) is 11.7 Å². The van der Waals surface area contributed by atoms with E-state index in [2.05, 4.69) is 15.1 Å². The fourth-order valence-corrected chi connectivity index (χ4v) is 4.89. The molecule has 1 N–H and O–H groups in total. The Bertz CT molecular complexity index is 1280. The van der Waals surface area contributed by atoms with Gasteiger partial charge in [-0.1, -0.05) is 18.2 Å². The normalized spacial score (nSPS) is 17.2. The van der Waals surface area contributed by atoms with Crippen LogP contribution in [-0.2, 0) is 0 Å². The summed E-state index contributed by atoms with van der Waals surface area (Å²) in [7, 11) is 0. The number of para-hydroxylation sites is 1. The van der Waals surface area contributed by atoms with Gasteiger partial charge in [-0.25, -0.2) is 4.39 Å². The molecule has 8 nitrogen and oxygen atoms in total. The quantitative estimate of drug-likeness (QED) is 0.565. The molecule has 0 spiro atoms. The molecule has 3 aromatic rings. The number of carbonyl (C=O) groups excluding carboxylic acids is 1. The highest BCUT2D eigenvalue weighted by atomic mass is 19.1. The first-order chi connectivity index (χ1) is 17.7. The van der Waals surface area contributed by atoms with Crippen LogP contribution in [0.25, 0.3) is 0 Å². The van der Waals surface area contributed by atoms with Crippen LogP contribution < -0.4 is 29.2 Å². The molecular weight excluding hydrogens is 465 g/mol. The molecule has 0 saturated carbocycles. The molecule has 3 heterocycles. The van der Waals surface area contributed by atoms with Gasteiger partial charge in [0.15, 0.2) is 23.0 Å². The molecule has 3 aliphatic rings. The van der Waals surface area contributed by atoms with Crippen molar-refractivity contribution in [2.75, 3.05) is 51.2 Å². The lowest BCUT2D eigenvalue weighted by Crippen LogP contribution is -2.50. The molecule has 3 aliphatic heterocycles. The van der Waals surface area contributed by atoms with E-state index in [4.69, 9.17) is 18.9 Å². The third-order valence-corrected chi connectivity index (χ3v) is 6.82. The molecule has 36 heavy (non-hydrogen) atoms. The van der Waals surface area contributed by atoms with Crippen molar-refractivity contribution < 1.29 is 28.1 Å². The Kier molecular flexibility index (Phi) is 5.98. The van der Waals surface area contributed by atoms with Crippen LogP contribution in [0.1, 0.15) is 22.0 Å². The molecule has 3 aromatic carbocycles. The number of rotatable bonds is 6. The number of benzene rings is 3. The first-order valence-corrected chi connectivity index (χ1v) is 12.0. The number of anilines is 1. The molecule has 1 unspecified atom stereocenters. The second-order valence-electron chi connectivity index (χ2n) is 8.88. The fraction of sp³-hybridized carbons (Fsp3) is 0.296. The largest absolute Gasteiger partial charge is 0.454 e. The summed E-state index contributed by atoms with van der Waals surface area (Å²) in [5, 5.41) is 3.08. The van der Waals surface area contributed by atoms with Gasteiger partial charge < -0.3 is 29.2 Å². The van der Waals surface area contributed by atoms with Crippen molar-refractivity contribution in [1.29, 1.82) is 0 Å². The van der Waals surface area contributed by atoms with Crippen molar-refractivity contribution in [1.82, 2.24) is 10.2 Å². The summed E-state index contributed by atoms with van der Waals surface area (Å²) in [5.74, 6) is 2.21. The number of fused-ring (bicyclic) bond motifs is 2. The number of amides is 1. The summed E-state index contributed by atoms with van der Waals surface area (Å²) in [5.41, 5.74) is 2.14. The summed E-state index contributed by atoms with van der Waals surface area (Å²) >= 11 is 0. The number of hydrogen-bond donors (Lipinski definition) is 1. The summed E-state index contributed by atoms with van der Waals surface area (Å²) in [6.07, 6.45) is 0. The zero-order valence-corrected chi connectivity index (χ0v) is 19.6. The highest BCUT2D eigenvalue weighted by Crippen LogP contribution is 2.36. The molecular formula is C27H26FN3O5. The molecule has 1 saturated heterocycles. The van der Waals surface area contributed by atoms with Gasteiger partial charge >= 0.3 is 0 Å². The minimum Gasteiger partial charge on any atom is -0.454 e. The maximum absolute atomic E-state index is 14.3. The van der Waals surface area contributed by atoms with Crippen molar-refractivity contribution >= 4 is 11.6 Å². The van der Waals surface area contributed by atoms with Crippen LogP contribution in [0.3, 0.4) is 0 Å². The number of halogens is 1. The Hall–Kier alpha value is -3.98. The van der Waals surface area contributed by atoms with Crippen LogP contribution in [0.4, 0.5) is 10.1 Å². The summed E-state index contributed by atoms with van der Waals surface area (Å²) in [4.78, 5) is 17.4. The highest BCUT2D eigenvalue weighted by Gasteiger charge is 2.28. The Morgan fingerprint density at radius 3 is 2.25 bits per heavy atom. The van der Waals surface area contributed by atoms with Crippen LogP contribution in [0.15, 0.2) is 60.7 Å². The van der Waals surface area contributed by atoms with Gasteiger partial charge in [0.1, 0.15) is 5.82 Å². The monoisotopic (exact) mass is 491 g/mol. The van der Waals surface area contributed by atoms with Crippen molar-refractivity contribution in [3.63, 3.8) is 0 Å². The van der Waals surface area contributed by atoms with E-state index in [9.17, 15) is 9.18 Å². The highest BCUT2D eigenvalue weighted by molar-refractivity contribution is 5.95. The zero-order chi connectivity index (χ0) is 24.5. The third-order valence-electron chi connectivity index (χ3n) is 6.82. The Balaban J connectivity index is 1.19. The van der Waals surface area contributed by atoms with E-state index in [-0.39, 0.29) is 31.4 Å². The van der Waals surface area contributed by atoms with E-state index in [0.717, 1.165) is 5.56 Å². The Morgan fingerprint density at radius 1 is 0.833 bits per heavy atom. The Labute approximate surface area is 208 Å². The standard InChI is InChI=1S/C27H26FN3O5/c28-20-3-1-2-4-21(20)30-9-11-31(12-10-30)22(18-5-7-23-25(13-18)35-16-33-23)15-29-27(32)19-6-8-24-26(14-19)36-17-34-24/h1-8,13-14,22H,9-12,15-17H2,(H,29,32). The molecule has 1 atom stereocenters. The second kappa shape index (κ2) is 9.58. The van der Waals surface area contributed by atoms with E-state index in [1.165, 1.54) is 6.07 Å². The molecule has 1 fully saturated rings. The van der Waals surface area contributed by atoms with Gasteiger partial charge in [-0.05, 0) is 48.0 Å². The average molecular weight is 492 g/mol. The summed E-state index contributed by atoms with van der Waals surface area (Å²) in [6, 6.07) is 17.8. The number of piperazine rings is 1. The van der Waals surface area contributed by atoms with E-state index in [1.54, 1.807) is 24.3 Å². The van der Waals surface area contributed by atoms with Crippen molar-refractivity contribution in [2.24, 2.45) is 0 Å². The van der Waals surface area contributed by atoms with Crippen LogP contribution in [0.5, 0.6) is 23.0 Å². The number of carbonyl (C=O) groups is 1. The van der Waals surface area contributed by atoms with Gasteiger partial charge in [0, 0.05) is 38.3 Å². The second-order valence-corrected chi connectivity index (χ2v) is 8.88. The van der Waals surface area contributed by atoms with Crippen LogP contribution >= 0.6 is 0 Å². The summed E-state index contributed by atoms with van der Waals surface area (Å²) < 4.78 is 36.2. The van der Waals surface area contributed by atoms with Crippen LogP contribution in [-0.4, -0.2) is 57.1 Å². The zero-order valence-electron chi connectivity index (χ0n) is 19.6. The number of nitrogens with one attached hydrogen (secondary N) is 1. The molecule has 6 rings (SSSR count). The average Bonchev–Trinajstić information content (AvgIpc) is 3.58. The first-order valence-electron chi connectivity index (χ1n) is 12.0. The lowest BCUT2D eigenvalue weighted by atomic mass is 10.0. The van der Waals surface area contributed by atoms with Gasteiger partial charge in [-0.15, -0.1) is 0 Å². The lowest BCUT2D eigenvalue weighted by Gasteiger charge is -2.40. The molecule has 9 heteroatoms. The van der Waals surface area contributed by atoms with E-state index >= 15 is 0 Å². The van der Waals surface area contributed by atoms with Gasteiger partial charge in [0.2, 0.25) is 13.6 Å².